The topological polar surface area (TPSA) is 68.7 Å². The molecule has 1 aliphatic carbocycles. The Labute approximate surface area is 182 Å². The molecule has 2 aliphatic heterocycles. The molecule has 162 valence electrons. The van der Waals surface area contributed by atoms with E-state index in [0.717, 1.165) is 54.9 Å². The van der Waals surface area contributed by atoms with Gasteiger partial charge in [-0.05, 0) is 67.7 Å². The number of ether oxygens (including phenoxy) is 1. The monoisotopic (exact) mass is 418 g/mol. The highest BCUT2D eigenvalue weighted by Crippen LogP contribution is 2.42. The number of rotatable bonds is 3. The number of fused-ring (bicyclic) bond motifs is 4. The fourth-order valence-corrected chi connectivity index (χ4v) is 5.64. The minimum Gasteiger partial charge on any atom is -0.504 e. The van der Waals surface area contributed by atoms with Gasteiger partial charge >= 0.3 is 0 Å². The highest BCUT2D eigenvalue weighted by Gasteiger charge is 2.33. The number of H-pyrrole nitrogens is 1. The van der Waals surface area contributed by atoms with Gasteiger partial charge in [0.2, 0.25) is 0 Å². The molecule has 3 heterocycles. The summed E-state index contributed by atoms with van der Waals surface area (Å²) >= 11 is 0. The van der Waals surface area contributed by atoms with Crippen LogP contribution in [-0.2, 0) is 19.3 Å². The normalized spacial score (nSPS) is 23.8. The molecule has 0 amide bonds. The molecule has 31 heavy (non-hydrogen) atoms. The minimum atomic E-state index is -0.527. The van der Waals surface area contributed by atoms with Crippen LogP contribution in [0.15, 0.2) is 36.4 Å². The number of aliphatic hydroxyl groups is 1. The molecule has 1 fully saturated rings. The summed E-state index contributed by atoms with van der Waals surface area (Å²) in [5, 5.41) is 22.2. The van der Waals surface area contributed by atoms with E-state index < -0.39 is 6.10 Å². The van der Waals surface area contributed by atoms with Crippen molar-refractivity contribution in [2.24, 2.45) is 5.92 Å². The van der Waals surface area contributed by atoms with Crippen LogP contribution in [0.3, 0.4) is 0 Å². The van der Waals surface area contributed by atoms with Crippen molar-refractivity contribution in [2.75, 3.05) is 19.7 Å². The number of phenolic OH excluding ortho intramolecular Hbond substituents is 1. The van der Waals surface area contributed by atoms with Gasteiger partial charge in [0.15, 0.2) is 17.6 Å². The van der Waals surface area contributed by atoms with E-state index in [4.69, 9.17) is 4.74 Å². The van der Waals surface area contributed by atoms with Gasteiger partial charge in [-0.1, -0.05) is 24.3 Å². The van der Waals surface area contributed by atoms with Crippen molar-refractivity contribution in [2.45, 2.75) is 50.7 Å². The zero-order valence-electron chi connectivity index (χ0n) is 17.8. The zero-order valence-corrected chi connectivity index (χ0v) is 17.8. The van der Waals surface area contributed by atoms with E-state index in [2.05, 4.69) is 34.1 Å². The number of para-hydroxylation sites is 1. The average Bonchev–Trinajstić information content (AvgIpc) is 3.55. The van der Waals surface area contributed by atoms with Crippen molar-refractivity contribution >= 4 is 10.9 Å². The number of aromatic hydroxyl groups is 1. The predicted octanol–water partition coefficient (Wildman–Crippen LogP) is 4.11. The molecule has 0 radical (unpaired) electrons. The Morgan fingerprint density at radius 3 is 2.74 bits per heavy atom. The Morgan fingerprint density at radius 2 is 1.90 bits per heavy atom. The molecule has 1 aromatic heterocycles. The Kier molecular flexibility index (Phi) is 4.69. The number of aromatic amines is 1. The van der Waals surface area contributed by atoms with Crippen LogP contribution in [0.5, 0.6) is 11.5 Å². The summed E-state index contributed by atoms with van der Waals surface area (Å²) in [6.07, 6.45) is 6.07. The van der Waals surface area contributed by atoms with E-state index in [9.17, 15) is 10.2 Å². The van der Waals surface area contributed by atoms with Gasteiger partial charge in [-0.2, -0.15) is 0 Å². The second-order valence-corrected chi connectivity index (χ2v) is 9.49. The summed E-state index contributed by atoms with van der Waals surface area (Å²) in [5.41, 5.74) is 5.65. The fraction of sp³-hybridized carbons (Fsp3) is 0.462. The van der Waals surface area contributed by atoms with Crippen LogP contribution >= 0.6 is 0 Å². The third-order valence-electron chi connectivity index (χ3n) is 7.47. The number of hydrogen-bond donors (Lipinski definition) is 3. The van der Waals surface area contributed by atoms with E-state index in [-0.39, 0.29) is 12.4 Å². The molecule has 2 aromatic carbocycles. The lowest BCUT2D eigenvalue weighted by atomic mass is 9.95. The van der Waals surface area contributed by atoms with Crippen molar-refractivity contribution in [1.29, 1.82) is 0 Å². The van der Waals surface area contributed by atoms with Gasteiger partial charge in [0.05, 0.1) is 12.3 Å². The summed E-state index contributed by atoms with van der Waals surface area (Å²) < 4.78 is 6.40. The van der Waals surface area contributed by atoms with Crippen LogP contribution in [0, 0.1) is 5.92 Å². The first kappa shape index (κ1) is 19.2. The summed E-state index contributed by atoms with van der Waals surface area (Å²) in [4.78, 5) is 6.22. The molecule has 1 unspecified atom stereocenters. The predicted molar refractivity (Wildman–Crippen MR) is 121 cm³/mol. The Hall–Kier alpha value is -2.50. The third kappa shape index (κ3) is 3.40. The number of nitrogens with one attached hydrogen (secondary N) is 1. The maximum absolute atomic E-state index is 10.7. The van der Waals surface area contributed by atoms with Crippen LogP contribution < -0.4 is 4.74 Å². The number of hydrogen-bond acceptors (Lipinski definition) is 4. The smallest absolute Gasteiger partial charge is 0.165 e. The first-order chi connectivity index (χ1) is 15.2. The largest absolute Gasteiger partial charge is 0.504 e. The van der Waals surface area contributed by atoms with E-state index >= 15 is 0 Å². The maximum Gasteiger partial charge on any atom is 0.165 e. The van der Waals surface area contributed by atoms with Crippen molar-refractivity contribution in [3.8, 4) is 11.5 Å². The molecular formula is C26H30N2O3. The Morgan fingerprint density at radius 1 is 1.03 bits per heavy atom. The fourth-order valence-electron chi connectivity index (χ4n) is 5.64. The third-order valence-corrected chi connectivity index (χ3v) is 7.47. The SMILES string of the molecule is OC[C@H]1Oc2c(O)ccc3c2CCN(CC2CC2)C(CCc2c1[nH]c1ccccc21)C3. The first-order valence-electron chi connectivity index (χ1n) is 11.7. The van der Waals surface area contributed by atoms with Crippen LogP contribution in [0.1, 0.15) is 47.8 Å². The number of aryl methyl sites for hydroxylation is 1. The second-order valence-electron chi connectivity index (χ2n) is 9.49. The number of aliphatic hydroxyl groups excluding tert-OH is 1. The summed E-state index contributed by atoms with van der Waals surface area (Å²) in [5.74, 6) is 1.57. The minimum absolute atomic E-state index is 0.139. The molecule has 0 spiro atoms. The molecular weight excluding hydrogens is 388 g/mol. The van der Waals surface area contributed by atoms with Crippen molar-refractivity contribution in [3.63, 3.8) is 0 Å². The van der Waals surface area contributed by atoms with Crippen molar-refractivity contribution in [3.05, 3.63) is 58.8 Å². The van der Waals surface area contributed by atoms with Crippen molar-refractivity contribution in [1.82, 2.24) is 9.88 Å². The average molecular weight is 419 g/mol. The highest BCUT2D eigenvalue weighted by atomic mass is 16.5. The molecule has 3 N–H and O–H groups in total. The molecule has 5 nitrogen and oxygen atoms in total. The van der Waals surface area contributed by atoms with Gasteiger partial charge in [0, 0.05) is 35.6 Å². The zero-order chi connectivity index (χ0) is 20.9. The second kappa shape index (κ2) is 7.57. The van der Waals surface area contributed by atoms with Gasteiger partial charge in [0.25, 0.3) is 0 Å². The molecule has 5 heteroatoms. The summed E-state index contributed by atoms with van der Waals surface area (Å²) in [6.45, 7) is 2.04. The Bertz CT molecular complexity index is 1120. The lowest BCUT2D eigenvalue weighted by Gasteiger charge is -2.30. The lowest BCUT2D eigenvalue weighted by molar-refractivity contribution is 0.108. The molecule has 1 saturated carbocycles. The van der Waals surface area contributed by atoms with Gasteiger partial charge in [-0.3, -0.25) is 4.90 Å². The molecule has 4 bridgehead atoms. The van der Waals surface area contributed by atoms with Gasteiger partial charge in [0.1, 0.15) is 0 Å². The van der Waals surface area contributed by atoms with Crippen LogP contribution in [0.4, 0.5) is 0 Å². The molecule has 3 aliphatic rings. The standard InChI is InChI=1S/C26H30N2O3/c29-15-24-25-21(20-3-1-2-4-22(20)27-25)9-8-18-13-17-7-10-23(30)26(31-24)19(17)11-12-28(18)14-16-5-6-16/h1-4,7,10,16,18,24,27,29-30H,5-6,8-9,11-15H2/t18?,24-/m1/s1. The number of nitrogens with zero attached hydrogens (tertiary/aromatic N) is 1. The van der Waals surface area contributed by atoms with Crippen LogP contribution in [0.25, 0.3) is 10.9 Å². The molecule has 2 atom stereocenters. The first-order valence-corrected chi connectivity index (χ1v) is 11.7. The summed E-state index contributed by atoms with van der Waals surface area (Å²) in [6, 6.07) is 12.7. The van der Waals surface area contributed by atoms with E-state index in [1.165, 1.54) is 35.9 Å². The van der Waals surface area contributed by atoms with E-state index in [1.54, 1.807) is 6.07 Å². The number of phenols is 1. The maximum atomic E-state index is 10.7. The Balaban J connectivity index is 1.50. The summed E-state index contributed by atoms with van der Waals surface area (Å²) in [7, 11) is 0. The van der Waals surface area contributed by atoms with Crippen molar-refractivity contribution < 1.29 is 14.9 Å². The molecule has 6 rings (SSSR count). The van der Waals surface area contributed by atoms with Crippen LogP contribution in [0.2, 0.25) is 0 Å². The molecule has 3 aromatic rings. The molecule has 0 saturated heterocycles. The number of aromatic nitrogens is 1. The van der Waals surface area contributed by atoms with Gasteiger partial charge < -0.3 is 19.9 Å². The highest BCUT2D eigenvalue weighted by molar-refractivity contribution is 5.84. The lowest BCUT2D eigenvalue weighted by Crippen LogP contribution is -2.38. The van der Waals surface area contributed by atoms with Gasteiger partial charge in [-0.25, -0.2) is 0 Å². The number of benzene rings is 2. The van der Waals surface area contributed by atoms with Gasteiger partial charge in [-0.15, -0.1) is 0 Å². The van der Waals surface area contributed by atoms with E-state index in [0.29, 0.717) is 11.8 Å². The van der Waals surface area contributed by atoms with Crippen LogP contribution in [-0.4, -0.2) is 45.8 Å². The van der Waals surface area contributed by atoms with E-state index in [1.807, 2.05) is 6.07 Å². The quantitative estimate of drug-likeness (QED) is 0.599.